The zero-order chi connectivity index (χ0) is 10.6. The van der Waals surface area contributed by atoms with Crippen molar-refractivity contribution in [2.24, 2.45) is 0 Å². The van der Waals surface area contributed by atoms with E-state index in [2.05, 4.69) is 0 Å². The topological polar surface area (TPSA) is 66.8 Å². The highest BCUT2D eigenvalue weighted by Crippen LogP contribution is 2.11. The minimum atomic E-state index is -1.02. The average molecular weight is 201 g/mol. The first-order valence-electron chi connectivity index (χ1n) is 4.68. The molecule has 14 heavy (non-hydrogen) atoms. The Kier molecular flexibility index (Phi) is 3.88. The number of nitrogens with zero attached hydrogens (tertiary/aromatic N) is 1. The van der Waals surface area contributed by atoms with Crippen LogP contribution in [0, 0.1) is 0 Å². The minimum absolute atomic E-state index is 0.0274. The molecular formula is C9H15NO4. The van der Waals surface area contributed by atoms with E-state index >= 15 is 0 Å². The fourth-order valence-electron chi connectivity index (χ4n) is 1.51. The molecule has 0 aliphatic carbocycles. The van der Waals surface area contributed by atoms with Gasteiger partial charge in [0.15, 0.2) is 6.10 Å². The summed E-state index contributed by atoms with van der Waals surface area (Å²) in [7, 11) is 1.34. The third-order valence-electron chi connectivity index (χ3n) is 2.37. The van der Waals surface area contributed by atoms with Gasteiger partial charge in [0, 0.05) is 20.1 Å². The van der Waals surface area contributed by atoms with Crippen LogP contribution in [0.2, 0.25) is 0 Å². The van der Waals surface area contributed by atoms with Crippen LogP contribution >= 0.6 is 0 Å². The smallest absolute Gasteiger partial charge is 0.334 e. The molecule has 1 N–H and O–H groups in total. The summed E-state index contributed by atoms with van der Waals surface area (Å²) in [5, 5.41) is 8.73. The molecule has 80 valence electrons. The fraction of sp³-hybridized carbons (Fsp3) is 0.778. The van der Waals surface area contributed by atoms with Gasteiger partial charge in [-0.25, -0.2) is 4.79 Å². The summed E-state index contributed by atoms with van der Waals surface area (Å²) in [6.07, 6.45) is 1.47. The van der Waals surface area contributed by atoms with Crippen molar-refractivity contribution in [1.82, 2.24) is 4.90 Å². The Labute approximate surface area is 82.6 Å². The number of methoxy groups -OCH3 is 1. The molecule has 1 rings (SSSR count). The molecule has 0 aromatic rings. The molecule has 1 aliphatic rings. The Balaban J connectivity index is 2.48. The summed E-state index contributed by atoms with van der Waals surface area (Å²) in [5.74, 6) is -0.995. The molecule has 0 bridgehead atoms. The molecule has 1 heterocycles. The lowest BCUT2D eigenvalue weighted by molar-refractivity contribution is -0.151. The number of aliphatic carboxylic acids is 1. The van der Waals surface area contributed by atoms with Gasteiger partial charge in [0.1, 0.15) is 0 Å². The number of amides is 1. The molecule has 0 radical (unpaired) electrons. The van der Waals surface area contributed by atoms with Crippen LogP contribution in [-0.4, -0.2) is 48.2 Å². The first kappa shape index (κ1) is 11.0. The second-order valence-electron chi connectivity index (χ2n) is 3.36. The lowest BCUT2D eigenvalue weighted by atomic mass is 10.1. The molecular weight excluding hydrogens is 186 g/mol. The third-order valence-corrected chi connectivity index (χ3v) is 2.37. The van der Waals surface area contributed by atoms with Gasteiger partial charge in [-0.15, -0.1) is 0 Å². The van der Waals surface area contributed by atoms with Gasteiger partial charge in [-0.3, -0.25) is 4.79 Å². The maximum atomic E-state index is 11.3. The molecule has 0 spiro atoms. The summed E-state index contributed by atoms with van der Waals surface area (Å²) < 4.78 is 4.77. The van der Waals surface area contributed by atoms with Gasteiger partial charge >= 0.3 is 5.97 Å². The molecule has 1 atom stereocenters. The summed E-state index contributed by atoms with van der Waals surface area (Å²) in [6.45, 7) is 0.802. The lowest BCUT2D eigenvalue weighted by Gasteiger charge is -2.28. The van der Waals surface area contributed by atoms with Crippen LogP contribution in [0.1, 0.15) is 19.3 Å². The van der Waals surface area contributed by atoms with Crippen molar-refractivity contribution in [2.45, 2.75) is 25.4 Å². The molecule has 1 saturated heterocycles. The van der Waals surface area contributed by atoms with E-state index in [1.54, 1.807) is 4.90 Å². The zero-order valence-corrected chi connectivity index (χ0v) is 8.23. The van der Waals surface area contributed by atoms with Crippen LogP contribution in [0.25, 0.3) is 0 Å². The fourth-order valence-corrected chi connectivity index (χ4v) is 1.51. The van der Waals surface area contributed by atoms with E-state index in [1.807, 2.05) is 0 Å². The second kappa shape index (κ2) is 4.95. The van der Waals surface area contributed by atoms with Crippen molar-refractivity contribution in [3.05, 3.63) is 0 Å². The van der Waals surface area contributed by atoms with Gasteiger partial charge in [-0.2, -0.15) is 0 Å². The molecule has 0 aromatic carbocycles. The minimum Gasteiger partial charge on any atom is -0.479 e. The van der Waals surface area contributed by atoms with Gasteiger partial charge in [0.05, 0.1) is 6.54 Å². The van der Waals surface area contributed by atoms with Crippen LogP contribution < -0.4 is 0 Å². The Bertz CT molecular complexity index is 229. The summed E-state index contributed by atoms with van der Waals surface area (Å²) in [5.41, 5.74) is 0. The van der Waals surface area contributed by atoms with Crippen LogP contribution in [0.15, 0.2) is 0 Å². The van der Waals surface area contributed by atoms with E-state index < -0.39 is 12.1 Å². The van der Waals surface area contributed by atoms with Gasteiger partial charge in [0.25, 0.3) is 0 Å². The number of piperidine rings is 1. The van der Waals surface area contributed by atoms with Crippen molar-refractivity contribution in [3.63, 3.8) is 0 Å². The first-order valence-corrected chi connectivity index (χ1v) is 4.68. The number of carboxylic acid groups (broad SMARTS) is 1. The number of carbonyl (C=O) groups is 2. The molecule has 5 heteroatoms. The van der Waals surface area contributed by atoms with E-state index in [4.69, 9.17) is 9.84 Å². The number of carboxylic acids is 1. The highest BCUT2D eigenvalue weighted by Gasteiger charge is 2.25. The van der Waals surface area contributed by atoms with E-state index in [9.17, 15) is 9.59 Å². The molecule has 5 nitrogen and oxygen atoms in total. The van der Waals surface area contributed by atoms with Crippen molar-refractivity contribution in [3.8, 4) is 0 Å². The second-order valence-corrected chi connectivity index (χ2v) is 3.36. The van der Waals surface area contributed by atoms with Crippen LogP contribution in [-0.2, 0) is 14.3 Å². The van der Waals surface area contributed by atoms with E-state index in [1.165, 1.54) is 7.11 Å². The van der Waals surface area contributed by atoms with E-state index in [0.29, 0.717) is 13.0 Å². The van der Waals surface area contributed by atoms with Gasteiger partial charge in [-0.1, -0.05) is 0 Å². The molecule has 1 fully saturated rings. The quantitative estimate of drug-likeness (QED) is 0.700. The predicted octanol–water partition coefficient (Wildman–Crippen LogP) is 0.0985. The number of hydrogen-bond acceptors (Lipinski definition) is 3. The van der Waals surface area contributed by atoms with Crippen molar-refractivity contribution >= 4 is 11.9 Å². The van der Waals surface area contributed by atoms with Crippen LogP contribution in [0.5, 0.6) is 0 Å². The number of rotatable bonds is 4. The number of carbonyl (C=O) groups excluding carboxylic acids is 1. The normalized spacial score (nSPS) is 19.5. The number of hydrogen-bond donors (Lipinski definition) is 1. The van der Waals surface area contributed by atoms with Gasteiger partial charge in [-0.05, 0) is 12.8 Å². The van der Waals surface area contributed by atoms with Crippen molar-refractivity contribution in [2.75, 3.05) is 20.2 Å². The molecule has 0 aromatic heterocycles. The van der Waals surface area contributed by atoms with Crippen LogP contribution in [0.4, 0.5) is 0 Å². The van der Waals surface area contributed by atoms with Crippen molar-refractivity contribution in [1.29, 1.82) is 0 Å². The average Bonchev–Trinajstić information content (AvgIpc) is 2.16. The highest BCUT2D eigenvalue weighted by atomic mass is 16.5. The number of likely N-dealkylation sites (tertiary alicyclic amines) is 1. The SMILES string of the molecule is COC(CN1CCCCC1=O)C(=O)O. The van der Waals surface area contributed by atoms with E-state index in [0.717, 1.165) is 12.8 Å². The maximum Gasteiger partial charge on any atom is 0.334 e. The Hall–Kier alpha value is -1.10. The monoisotopic (exact) mass is 201 g/mol. The van der Waals surface area contributed by atoms with Gasteiger partial charge < -0.3 is 14.7 Å². The maximum absolute atomic E-state index is 11.3. The Morgan fingerprint density at radius 3 is 2.86 bits per heavy atom. The summed E-state index contributed by atoms with van der Waals surface area (Å²) >= 11 is 0. The zero-order valence-electron chi connectivity index (χ0n) is 8.23. The van der Waals surface area contributed by atoms with Gasteiger partial charge in [0.2, 0.25) is 5.91 Å². The molecule has 1 amide bonds. The van der Waals surface area contributed by atoms with Crippen LogP contribution in [0.3, 0.4) is 0 Å². The Morgan fingerprint density at radius 1 is 1.64 bits per heavy atom. The Morgan fingerprint density at radius 2 is 2.36 bits per heavy atom. The molecule has 1 aliphatic heterocycles. The highest BCUT2D eigenvalue weighted by molar-refractivity contribution is 5.78. The standard InChI is InChI=1S/C9H15NO4/c1-14-7(9(12)13)6-10-5-3-2-4-8(10)11/h7H,2-6H2,1H3,(H,12,13). The summed E-state index contributed by atoms with van der Waals surface area (Å²) in [4.78, 5) is 23.6. The predicted molar refractivity (Wildman–Crippen MR) is 48.9 cm³/mol. The van der Waals surface area contributed by atoms with E-state index in [-0.39, 0.29) is 12.5 Å². The summed E-state index contributed by atoms with van der Waals surface area (Å²) in [6, 6.07) is 0. The molecule has 0 saturated carbocycles. The third kappa shape index (κ3) is 2.70. The first-order chi connectivity index (χ1) is 6.65. The van der Waals surface area contributed by atoms with Crippen molar-refractivity contribution < 1.29 is 19.4 Å². The number of ether oxygens (including phenoxy) is 1. The lowest BCUT2D eigenvalue weighted by Crippen LogP contribution is -2.43. The molecule has 1 unspecified atom stereocenters. The largest absolute Gasteiger partial charge is 0.479 e.